The summed E-state index contributed by atoms with van der Waals surface area (Å²) in [7, 11) is 0. The lowest BCUT2D eigenvalue weighted by molar-refractivity contribution is -0.384. The average molecular weight is 269 g/mol. The number of nitro groups is 1. The molecule has 0 heterocycles. The van der Waals surface area contributed by atoms with Gasteiger partial charge < -0.3 is 4.74 Å². The first-order valence-corrected chi connectivity index (χ1v) is 7.29. The van der Waals surface area contributed by atoms with E-state index in [1.807, 2.05) is 0 Å². The van der Waals surface area contributed by atoms with Crippen LogP contribution in [0, 0.1) is 45.6 Å². The Hall–Kier alpha value is -1.68. The van der Waals surface area contributed by atoms with Gasteiger partial charge in [0.2, 0.25) is 0 Å². The van der Waals surface area contributed by atoms with Crippen LogP contribution in [-0.4, -0.2) is 11.0 Å². The number of allylic oxidation sites excluding steroid dienone is 1. The summed E-state index contributed by atoms with van der Waals surface area (Å²) in [4.78, 5) is 10.3. The summed E-state index contributed by atoms with van der Waals surface area (Å²) in [5.41, 5.74) is 1.16. The van der Waals surface area contributed by atoms with Gasteiger partial charge in [0.15, 0.2) is 0 Å². The molecule has 1 aromatic rings. The molecule has 0 aliphatic heterocycles. The van der Waals surface area contributed by atoms with Gasteiger partial charge in [-0.25, -0.2) is 0 Å². The normalized spacial score (nSPS) is 45.1. The molecule has 0 bridgehead atoms. The largest absolute Gasteiger partial charge is 0.373 e. The van der Waals surface area contributed by atoms with Crippen LogP contribution >= 0.6 is 0 Å². The van der Waals surface area contributed by atoms with E-state index in [-0.39, 0.29) is 10.6 Å². The molecule has 4 aliphatic carbocycles. The molecule has 4 nitrogen and oxygen atoms in total. The predicted molar refractivity (Wildman–Crippen MR) is 71.8 cm³/mol. The third-order valence-corrected chi connectivity index (χ3v) is 5.87. The zero-order valence-electron chi connectivity index (χ0n) is 10.9. The minimum absolute atomic E-state index is 0.139. The summed E-state index contributed by atoms with van der Waals surface area (Å²) in [6, 6.07) is 6.70. The van der Waals surface area contributed by atoms with Crippen LogP contribution in [-0.2, 0) is 11.3 Å². The molecule has 102 valence electrons. The lowest BCUT2D eigenvalue weighted by atomic mass is 9.70. The van der Waals surface area contributed by atoms with E-state index in [2.05, 4.69) is 12.2 Å². The van der Waals surface area contributed by atoms with Crippen molar-refractivity contribution in [2.45, 2.75) is 12.7 Å². The van der Waals surface area contributed by atoms with Crippen LogP contribution in [0.1, 0.15) is 5.56 Å². The molecule has 0 unspecified atom stereocenters. The maximum absolute atomic E-state index is 10.6. The van der Waals surface area contributed by atoms with Crippen molar-refractivity contribution < 1.29 is 9.66 Å². The van der Waals surface area contributed by atoms with Gasteiger partial charge in [-0.05, 0) is 47.3 Å². The minimum Gasteiger partial charge on any atom is -0.373 e. The van der Waals surface area contributed by atoms with Crippen molar-refractivity contribution in [2.24, 2.45) is 35.5 Å². The maximum atomic E-state index is 10.6. The fraction of sp³-hybridized carbons (Fsp3) is 0.500. The molecule has 1 aromatic carbocycles. The second-order valence-electron chi connectivity index (χ2n) is 6.55. The quantitative estimate of drug-likeness (QED) is 0.480. The van der Waals surface area contributed by atoms with E-state index < -0.39 is 0 Å². The summed E-state index contributed by atoms with van der Waals surface area (Å²) >= 11 is 0. The highest BCUT2D eigenvalue weighted by Crippen LogP contribution is 2.80. The molecule has 3 fully saturated rings. The van der Waals surface area contributed by atoms with Crippen LogP contribution in [0.15, 0.2) is 36.4 Å². The molecule has 20 heavy (non-hydrogen) atoms. The van der Waals surface area contributed by atoms with Crippen molar-refractivity contribution >= 4 is 5.69 Å². The van der Waals surface area contributed by atoms with Crippen LogP contribution in [0.3, 0.4) is 0 Å². The highest BCUT2D eigenvalue weighted by molar-refractivity contribution is 5.36. The number of benzene rings is 1. The number of nitro benzene ring substituents is 1. The monoisotopic (exact) mass is 269 g/mol. The molecular weight excluding hydrogens is 254 g/mol. The second-order valence-corrected chi connectivity index (χ2v) is 6.55. The van der Waals surface area contributed by atoms with Gasteiger partial charge in [0.25, 0.3) is 5.69 Å². The molecule has 7 atom stereocenters. The van der Waals surface area contributed by atoms with Crippen LogP contribution in [0.4, 0.5) is 5.69 Å². The molecule has 0 spiro atoms. The topological polar surface area (TPSA) is 52.4 Å². The van der Waals surface area contributed by atoms with Gasteiger partial charge in [-0.1, -0.05) is 12.2 Å². The van der Waals surface area contributed by atoms with Crippen molar-refractivity contribution in [1.82, 2.24) is 0 Å². The van der Waals surface area contributed by atoms with Gasteiger partial charge >= 0.3 is 0 Å². The molecule has 4 aliphatic rings. The first-order chi connectivity index (χ1) is 9.75. The maximum Gasteiger partial charge on any atom is 0.269 e. The van der Waals surface area contributed by atoms with Gasteiger partial charge in [-0.3, -0.25) is 10.1 Å². The Morgan fingerprint density at radius 1 is 1.00 bits per heavy atom. The predicted octanol–water partition coefficient (Wildman–Crippen LogP) is 2.79. The van der Waals surface area contributed by atoms with Crippen molar-refractivity contribution in [3.8, 4) is 0 Å². The SMILES string of the molecule is O=[N+]([O-])c1ccc(CO[C@@H]2[C@@H]3C=C[C@H]4[C@H]3[C@H]3[C@@H]4[C@@H]23)cc1. The zero-order chi connectivity index (χ0) is 13.4. The van der Waals surface area contributed by atoms with Gasteiger partial charge in [-0.15, -0.1) is 0 Å². The Morgan fingerprint density at radius 3 is 2.50 bits per heavy atom. The minimum atomic E-state index is -0.368. The lowest BCUT2D eigenvalue weighted by Gasteiger charge is -2.36. The van der Waals surface area contributed by atoms with Gasteiger partial charge in [0.1, 0.15) is 0 Å². The van der Waals surface area contributed by atoms with E-state index >= 15 is 0 Å². The Labute approximate surface area is 116 Å². The number of rotatable bonds is 4. The standard InChI is InChI=1S/C16H15NO3/c18-17(19)9-3-1-8(2-4-9)7-20-16-11-6-5-10-12(11)14-13(10)15(14)16/h1-6,10-16H,7H2/t10-,11+,12+,13+,14-,15+,16+/m0/s1. The van der Waals surface area contributed by atoms with Gasteiger partial charge in [-0.2, -0.15) is 0 Å². The molecule has 4 heteroatoms. The van der Waals surface area contributed by atoms with E-state index in [1.165, 1.54) is 0 Å². The van der Waals surface area contributed by atoms with Crippen molar-refractivity contribution in [3.63, 3.8) is 0 Å². The summed E-state index contributed by atoms with van der Waals surface area (Å²) in [5, 5.41) is 10.6. The smallest absolute Gasteiger partial charge is 0.269 e. The number of non-ortho nitro benzene ring substituents is 1. The highest BCUT2D eigenvalue weighted by atomic mass is 16.6. The molecular formula is C16H15NO3. The third-order valence-electron chi connectivity index (χ3n) is 5.87. The number of nitrogens with zero attached hydrogens (tertiary/aromatic N) is 1. The first kappa shape index (κ1) is 11.0. The number of hydrogen-bond donors (Lipinski definition) is 0. The van der Waals surface area contributed by atoms with Crippen molar-refractivity contribution in [2.75, 3.05) is 0 Å². The first-order valence-electron chi connectivity index (χ1n) is 7.29. The average Bonchev–Trinajstić information content (AvgIpc) is 2.86. The van der Waals surface area contributed by atoms with Gasteiger partial charge in [0.05, 0.1) is 17.6 Å². The Kier molecular flexibility index (Phi) is 1.93. The Bertz CT molecular complexity index is 623. The summed E-state index contributed by atoms with van der Waals surface area (Å²) in [5.74, 6) is 5.04. The molecule has 3 saturated carbocycles. The molecule has 5 rings (SSSR count). The van der Waals surface area contributed by atoms with E-state index in [0.717, 1.165) is 35.2 Å². The van der Waals surface area contributed by atoms with E-state index in [1.54, 1.807) is 24.3 Å². The van der Waals surface area contributed by atoms with Crippen molar-refractivity contribution in [3.05, 3.63) is 52.1 Å². The second kappa shape index (κ2) is 3.50. The highest BCUT2D eigenvalue weighted by Gasteiger charge is 2.79. The van der Waals surface area contributed by atoms with Crippen LogP contribution in [0.2, 0.25) is 0 Å². The van der Waals surface area contributed by atoms with E-state index in [9.17, 15) is 10.1 Å². The molecule has 0 radical (unpaired) electrons. The number of hydrogen-bond acceptors (Lipinski definition) is 3. The molecule has 0 N–H and O–H groups in total. The third kappa shape index (κ3) is 1.21. The van der Waals surface area contributed by atoms with Crippen LogP contribution in [0.25, 0.3) is 0 Å². The summed E-state index contributed by atoms with van der Waals surface area (Å²) < 4.78 is 6.15. The summed E-state index contributed by atoms with van der Waals surface area (Å²) in [6.07, 6.45) is 5.17. The molecule has 0 amide bonds. The summed E-state index contributed by atoms with van der Waals surface area (Å²) in [6.45, 7) is 0.570. The van der Waals surface area contributed by atoms with Crippen LogP contribution in [0.5, 0.6) is 0 Å². The van der Waals surface area contributed by atoms with Crippen molar-refractivity contribution in [1.29, 1.82) is 0 Å². The molecule has 0 saturated heterocycles. The fourth-order valence-electron chi connectivity index (χ4n) is 5.09. The van der Waals surface area contributed by atoms with E-state index in [0.29, 0.717) is 18.6 Å². The number of ether oxygens (including phenoxy) is 1. The fourth-order valence-corrected chi connectivity index (χ4v) is 5.09. The van der Waals surface area contributed by atoms with Gasteiger partial charge in [0, 0.05) is 18.1 Å². The van der Waals surface area contributed by atoms with E-state index in [4.69, 9.17) is 4.74 Å². The van der Waals surface area contributed by atoms with Crippen LogP contribution < -0.4 is 0 Å². The Balaban J connectivity index is 1.28. The molecule has 0 aromatic heterocycles. The zero-order valence-corrected chi connectivity index (χ0v) is 10.9. The lowest BCUT2D eigenvalue weighted by Crippen LogP contribution is -2.36. The Morgan fingerprint density at radius 2 is 1.75 bits per heavy atom. The number of fused-ring (bicyclic) bond motifs is 2.